The van der Waals surface area contributed by atoms with Crippen LogP contribution in [0.15, 0.2) is 27.1 Å². The Morgan fingerprint density at radius 2 is 2.00 bits per heavy atom. The summed E-state index contributed by atoms with van der Waals surface area (Å²) in [5.41, 5.74) is 0.378. The van der Waals surface area contributed by atoms with E-state index in [4.69, 9.17) is 5.11 Å². The third-order valence-corrected chi connectivity index (χ3v) is 4.14. The van der Waals surface area contributed by atoms with Crippen molar-refractivity contribution in [3.63, 3.8) is 0 Å². The number of carbonyl (C=O) groups is 2. The monoisotopic (exact) mass is 391 g/mol. The molecule has 1 saturated heterocycles. The van der Waals surface area contributed by atoms with Gasteiger partial charge in [-0.05, 0) is 34.1 Å². The lowest BCUT2D eigenvalue weighted by Crippen LogP contribution is -2.40. The standard InChI is InChI=1S/C12H11Br2NO4/c13-6-1-2-8(9(14)3-6)11(17)15-5-7(16)4-10(15)12(18)19/h1-3,7,10,16H,4-5H2,(H,18,19)/t7-,10-/m0/s1. The predicted octanol–water partition coefficient (Wildman–Crippen LogP) is 1.87. The van der Waals surface area contributed by atoms with E-state index in [-0.39, 0.29) is 13.0 Å². The molecule has 0 spiro atoms. The SMILES string of the molecule is O=C(O)[C@@H]1C[C@H](O)CN1C(=O)c1ccc(Br)cc1Br. The van der Waals surface area contributed by atoms with Crippen molar-refractivity contribution in [3.8, 4) is 0 Å². The van der Waals surface area contributed by atoms with Crippen LogP contribution in [0.2, 0.25) is 0 Å². The highest BCUT2D eigenvalue weighted by Gasteiger charge is 2.39. The molecule has 19 heavy (non-hydrogen) atoms. The third kappa shape index (κ3) is 2.98. The van der Waals surface area contributed by atoms with E-state index in [1.54, 1.807) is 18.2 Å². The van der Waals surface area contributed by atoms with Gasteiger partial charge in [0.2, 0.25) is 0 Å². The summed E-state index contributed by atoms with van der Waals surface area (Å²) >= 11 is 6.56. The third-order valence-electron chi connectivity index (χ3n) is 2.99. The molecule has 102 valence electrons. The quantitative estimate of drug-likeness (QED) is 0.805. The molecule has 2 N–H and O–H groups in total. The van der Waals surface area contributed by atoms with E-state index in [1.807, 2.05) is 0 Å². The first-order valence-corrected chi connectivity index (χ1v) is 7.15. The first-order valence-electron chi connectivity index (χ1n) is 5.57. The van der Waals surface area contributed by atoms with Gasteiger partial charge in [0.05, 0.1) is 11.7 Å². The van der Waals surface area contributed by atoms with Crippen molar-refractivity contribution in [1.82, 2.24) is 4.90 Å². The molecule has 7 heteroatoms. The summed E-state index contributed by atoms with van der Waals surface area (Å²) in [6.07, 6.45) is -0.728. The van der Waals surface area contributed by atoms with Gasteiger partial charge in [-0.2, -0.15) is 0 Å². The molecule has 1 aromatic carbocycles. The Morgan fingerprint density at radius 3 is 2.58 bits per heavy atom. The van der Waals surface area contributed by atoms with Crippen LogP contribution < -0.4 is 0 Å². The second-order valence-electron chi connectivity index (χ2n) is 4.33. The van der Waals surface area contributed by atoms with Crippen molar-refractivity contribution in [2.75, 3.05) is 6.54 Å². The molecular weight excluding hydrogens is 382 g/mol. The topological polar surface area (TPSA) is 77.8 Å². The molecule has 2 rings (SSSR count). The average molecular weight is 393 g/mol. The van der Waals surface area contributed by atoms with Crippen molar-refractivity contribution in [1.29, 1.82) is 0 Å². The number of carbonyl (C=O) groups excluding carboxylic acids is 1. The minimum Gasteiger partial charge on any atom is -0.480 e. The van der Waals surface area contributed by atoms with E-state index in [0.717, 1.165) is 4.47 Å². The molecule has 0 saturated carbocycles. The molecule has 5 nitrogen and oxygen atoms in total. The van der Waals surface area contributed by atoms with E-state index in [1.165, 1.54) is 4.90 Å². The summed E-state index contributed by atoms with van der Waals surface area (Å²) < 4.78 is 1.39. The first-order chi connectivity index (χ1) is 8.90. The highest BCUT2D eigenvalue weighted by Crippen LogP contribution is 2.26. The number of hydrogen-bond donors (Lipinski definition) is 2. The number of benzene rings is 1. The van der Waals surface area contributed by atoms with Gasteiger partial charge in [-0.3, -0.25) is 4.79 Å². The molecule has 0 aromatic heterocycles. The molecule has 1 aromatic rings. The maximum atomic E-state index is 12.3. The number of aliphatic hydroxyl groups is 1. The number of carboxylic acids is 1. The lowest BCUT2D eigenvalue weighted by molar-refractivity contribution is -0.141. The van der Waals surface area contributed by atoms with Crippen LogP contribution in [0.1, 0.15) is 16.8 Å². The average Bonchev–Trinajstić information content (AvgIpc) is 2.70. The van der Waals surface area contributed by atoms with E-state index in [2.05, 4.69) is 31.9 Å². The second-order valence-corrected chi connectivity index (χ2v) is 6.10. The number of rotatable bonds is 2. The lowest BCUT2D eigenvalue weighted by Gasteiger charge is -2.21. The van der Waals surface area contributed by atoms with Crippen molar-refractivity contribution in [2.24, 2.45) is 0 Å². The van der Waals surface area contributed by atoms with Crippen LogP contribution in [0.3, 0.4) is 0 Å². The molecule has 0 aliphatic carbocycles. The number of halogens is 2. The summed E-state index contributed by atoms with van der Waals surface area (Å²) in [5.74, 6) is -1.50. The lowest BCUT2D eigenvalue weighted by atomic mass is 10.1. The van der Waals surface area contributed by atoms with Crippen LogP contribution in [0, 0.1) is 0 Å². The molecule has 1 aliphatic rings. The zero-order valence-corrected chi connectivity index (χ0v) is 12.9. The van der Waals surface area contributed by atoms with Gasteiger partial charge >= 0.3 is 5.97 Å². The van der Waals surface area contributed by atoms with Gasteiger partial charge in [0, 0.05) is 21.9 Å². The highest BCUT2D eigenvalue weighted by molar-refractivity contribution is 9.11. The van der Waals surface area contributed by atoms with Crippen LogP contribution in [-0.2, 0) is 4.79 Å². The van der Waals surface area contributed by atoms with Crippen molar-refractivity contribution in [2.45, 2.75) is 18.6 Å². The van der Waals surface area contributed by atoms with E-state index >= 15 is 0 Å². The molecule has 1 aliphatic heterocycles. The highest BCUT2D eigenvalue weighted by atomic mass is 79.9. The van der Waals surface area contributed by atoms with Gasteiger partial charge in [-0.1, -0.05) is 15.9 Å². The zero-order valence-electron chi connectivity index (χ0n) is 9.72. The fraction of sp³-hybridized carbons (Fsp3) is 0.333. The Hall–Kier alpha value is -0.920. The number of aliphatic carboxylic acids is 1. The molecule has 1 amide bonds. The number of β-amino-alcohol motifs (C(OH)–C–C–N with tert-alkyl or cyclic N) is 1. The minimum atomic E-state index is -1.10. The van der Waals surface area contributed by atoms with E-state index in [9.17, 15) is 14.7 Å². The van der Waals surface area contributed by atoms with Crippen LogP contribution in [0.4, 0.5) is 0 Å². The molecule has 0 bridgehead atoms. The van der Waals surface area contributed by atoms with Crippen molar-refractivity contribution >= 4 is 43.7 Å². The van der Waals surface area contributed by atoms with E-state index in [0.29, 0.717) is 10.0 Å². The molecule has 0 unspecified atom stereocenters. The smallest absolute Gasteiger partial charge is 0.326 e. The predicted molar refractivity (Wildman–Crippen MR) is 74.9 cm³/mol. The van der Waals surface area contributed by atoms with Crippen LogP contribution >= 0.6 is 31.9 Å². The second kappa shape index (κ2) is 5.60. The number of likely N-dealkylation sites (tertiary alicyclic amines) is 1. The number of carboxylic acid groups (broad SMARTS) is 1. The largest absolute Gasteiger partial charge is 0.480 e. The summed E-state index contributed by atoms with van der Waals surface area (Å²) in [7, 11) is 0. The van der Waals surface area contributed by atoms with Gasteiger partial charge in [0.25, 0.3) is 5.91 Å². The molecule has 0 radical (unpaired) electrons. The molecule has 2 atom stereocenters. The van der Waals surface area contributed by atoms with Gasteiger partial charge in [-0.15, -0.1) is 0 Å². The fourth-order valence-corrected chi connectivity index (χ4v) is 3.31. The molecular formula is C12H11Br2NO4. The fourth-order valence-electron chi connectivity index (χ4n) is 2.09. The maximum absolute atomic E-state index is 12.3. The Bertz CT molecular complexity index is 534. The first kappa shape index (κ1) is 14.5. The summed E-state index contributed by atoms with van der Waals surface area (Å²) in [5, 5.41) is 18.6. The van der Waals surface area contributed by atoms with Crippen LogP contribution in [-0.4, -0.2) is 45.7 Å². The van der Waals surface area contributed by atoms with Crippen LogP contribution in [0.25, 0.3) is 0 Å². The maximum Gasteiger partial charge on any atom is 0.326 e. The Kier molecular flexibility index (Phi) is 4.27. The molecule has 1 heterocycles. The summed E-state index contributed by atoms with van der Waals surface area (Å²) in [6, 6.07) is 4.06. The summed E-state index contributed by atoms with van der Waals surface area (Å²) in [4.78, 5) is 24.6. The zero-order chi connectivity index (χ0) is 14.2. The molecule has 1 fully saturated rings. The van der Waals surface area contributed by atoms with Crippen molar-refractivity contribution in [3.05, 3.63) is 32.7 Å². The van der Waals surface area contributed by atoms with Gasteiger partial charge in [0.15, 0.2) is 0 Å². The van der Waals surface area contributed by atoms with Gasteiger partial charge in [-0.25, -0.2) is 4.79 Å². The Balaban J connectivity index is 2.30. The van der Waals surface area contributed by atoms with Crippen molar-refractivity contribution < 1.29 is 19.8 Å². The number of hydrogen-bond acceptors (Lipinski definition) is 3. The number of aliphatic hydroxyl groups excluding tert-OH is 1. The van der Waals surface area contributed by atoms with E-state index < -0.39 is 24.0 Å². The normalized spacial score (nSPS) is 22.6. The van der Waals surface area contributed by atoms with Gasteiger partial charge in [0.1, 0.15) is 6.04 Å². The summed E-state index contributed by atoms with van der Waals surface area (Å²) in [6.45, 7) is 0.0400. The number of amides is 1. The minimum absolute atomic E-state index is 0.0400. The number of nitrogens with zero attached hydrogens (tertiary/aromatic N) is 1. The Labute approximate surface area is 126 Å². The van der Waals surface area contributed by atoms with Crippen LogP contribution in [0.5, 0.6) is 0 Å². The van der Waals surface area contributed by atoms with Gasteiger partial charge < -0.3 is 15.1 Å². The Morgan fingerprint density at radius 1 is 1.32 bits per heavy atom.